The topological polar surface area (TPSA) is 52.3 Å². The number of carbonyl (C=O) groups excluding carboxylic acids is 1. The second kappa shape index (κ2) is 5.03. The van der Waals surface area contributed by atoms with Crippen LogP contribution >= 0.6 is 0 Å². The molecule has 0 heterocycles. The van der Waals surface area contributed by atoms with Crippen molar-refractivity contribution in [3.63, 3.8) is 0 Å². The minimum atomic E-state index is -0.453. The molecule has 0 saturated heterocycles. The Morgan fingerprint density at radius 1 is 1.43 bits per heavy atom. The first-order valence-electron chi connectivity index (χ1n) is 4.89. The normalized spacial score (nSPS) is 13.1. The van der Waals surface area contributed by atoms with Crippen LogP contribution in [0.1, 0.15) is 41.0 Å². The molecule has 3 heteroatoms. The van der Waals surface area contributed by atoms with Gasteiger partial charge in [-0.3, -0.25) is 0 Å². The molecule has 2 N–H and O–H groups in total. The Morgan fingerprint density at radius 3 is 2.29 bits per heavy atom. The van der Waals surface area contributed by atoms with E-state index < -0.39 is 5.60 Å². The molecule has 0 bridgehead atoms. The van der Waals surface area contributed by atoms with Crippen LogP contribution in [0.3, 0.4) is 0 Å². The van der Waals surface area contributed by atoms with Crippen molar-refractivity contribution < 1.29 is 9.53 Å². The van der Waals surface area contributed by atoms with Crippen molar-refractivity contribution >= 4 is 5.97 Å². The number of carbonyl (C=O) groups is 1. The van der Waals surface area contributed by atoms with Crippen molar-refractivity contribution in [3.8, 4) is 0 Å². The van der Waals surface area contributed by atoms with E-state index in [-0.39, 0.29) is 5.97 Å². The maximum absolute atomic E-state index is 11.3. The average Bonchev–Trinajstić information content (AvgIpc) is 1.77. The van der Waals surface area contributed by atoms with Gasteiger partial charge in [-0.25, -0.2) is 4.79 Å². The van der Waals surface area contributed by atoms with Crippen LogP contribution < -0.4 is 5.73 Å². The molecule has 0 aromatic rings. The van der Waals surface area contributed by atoms with Gasteiger partial charge in [-0.2, -0.15) is 0 Å². The van der Waals surface area contributed by atoms with E-state index in [9.17, 15) is 4.79 Å². The summed E-state index contributed by atoms with van der Waals surface area (Å²) in [6.07, 6.45) is 2.09. The maximum Gasteiger partial charge on any atom is 0.333 e. The van der Waals surface area contributed by atoms with Gasteiger partial charge in [0, 0.05) is 11.8 Å². The van der Waals surface area contributed by atoms with Gasteiger partial charge in [0.1, 0.15) is 5.60 Å². The lowest BCUT2D eigenvalue weighted by atomic mass is 10.1. The molecule has 0 aliphatic rings. The molecular weight excluding hydrogens is 178 g/mol. The third-order valence-electron chi connectivity index (χ3n) is 1.35. The molecule has 0 aliphatic heterocycles. The Bertz CT molecular complexity index is 224. The largest absolute Gasteiger partial charge is 0.457 e. The first kappa shape index (κ1) is 13.0. The third kappa shape index (κ3) is 7.65. The molecule has 0 aromatic heterocycles. The van der Waals surface area contributed by atoms with Crippen LogP contribution in [0.2, 0.25) is 0 Å². The monoisotopic (exact) mass is 199 g/mol. The predicted octanol–water partition coefficient (Wildman–Crippen LogP) is 2.22. The van der Waals surface area contributed by atoms with Crippen molar-refractivity contribution in [1.82, 2.24) is 0 Å². The average molecular weight is 199 g/mol. The van der Waals surface area contributed by atoms with Gasteiger partial charge in [0.2, 0.25) is 0 Å². The van der Waals surface area contributed by atoms with Crippen LogP contribution in [0, 0.1) is 5.92 Å². The predicted molar refractivity (Wildman–Crippen MR) is 57.6 cm³/mol. The van der Waals surface area contributed by atoms with Gasteiger partial charge >= 0.3 is 5.97 Å². The molecule has 14 heavy (non-hydrogen) atoms. The molecule has 0 amide bonds. The molecule has 0 rings (SSSR count). The second-order valence-electron chi connectivity index (χ2n) is 4.85. The molecule has 0 radical (unpaired) electrons. The van der Waals surface area contributed by atoms with Crippen LogP contribution in [0.5, 0.6) is 0 Å². The zero-order valence-corrected chi connectivity index (χ0v) is 9.76. The van der Waals surface area contributed by atoms with Crippen LogP contribution in [-0.2, 0) is 9.53 Å². The molecule has 0 aromatic carbocycles. The van der Waals surface area contributed by atoms with Crippen molar-refractivity contribution in [2.75, 3.05) is 0 Å². The van der Waals surface area contributed by atoms with Crippen LogP contribution in [0.4, 0.5) is 0 Å². The summed E-state index contributed by atoms with van der Waals surface area (Å²) >= 11 is 0. The molecule has 0 unspecified atom stereocenters. The Kier molecular flexibility index (Phi) is 4.68. The Balaban J connectivity index is 4.16. The van der Waals surface area contributed by atoms with E-state index in [1.165, 1.54) is 6.08 Å². The zero-order chi connectivity index (χ0) is 11.4. The highest BCUT2D eigenvalue weighted by Crippen LogP contribution is 2.09. The lowest BCUT2D eigenvalue weighted by Gasteiger charge is -2.18. The first-order chi connectivity index (χ1) is 6.20. The van der Waals surface area contributed by atoms with Gasteiger partial charge in [0.05, 0.1) is 0 Å². The minimum absolute atomic E-state index is 0.365. The maximum atomic E-state index is 11.3. The minimum Gasteiger partial charge on any atom is -0.457 e. The summed E-state index contributed by atoms with van der Waals surface area (Å²) in [5.41, 5.74) is 5.78. The number of ether oxygens (including phenoxy) is 1. The lowest BCUT2D eigenvalue weighted by molar-refractivity contribution is -0.148. The smallest absolute Gasteiger partial charge is 0.333 e. The summed E-state index contributed by atoms with van der Waals surface area (Å²) < 4.78 is 5.09. The second-order valence-corrected chi connectivity index (χ2v) is 4.85. The SMILES string of the molecule is CC(C)C/C(N)=C/C(=O)OC(C)(C)C. The van der Waals surface area contributed by atoms with E-state index >= 15 is 0 Å². The summed E-state index contributed by atoms with van der Waals surface area (Å²) in [5.74, 6) is 0.0873. The van der Waals surface area contributed by atoms with Crippen molar-refractivity contribution in [2.24, 2.45) is 11.7 Å². The van der Waals surface area contributed by atoms with E-state index in [0.717, 1.165) is 6.42 Å². The van der Waals surface area contributed by atoms with Gasteiger partial charge in [0.25, 0.3) is 0 Å². The molecule has 0 aliphatic carbocycles. The summed E-state index contributed by atoms with van der Waals surface area (Å²) in [4.78, 5) is 11.3. The molecular formula is C11H21NO2. The number of hydrogen-bond donors (Lipinski definition) is 1. The zero-order valence-electron chi connectivity index (χ0n) is 9.76. The Hall–Kier alpha value is -0.990. The van der Waals surface area contributed by atoms with Gasteiger partial charge < -0.3 is 10.5 Å². The quantitative estimate of drug-likeness (QED) is 0.560. The van der Waals surface area contributed by atoms with E-state index in [4.69, 9.17) is 10.5 Å². The van der Waals surface area contributed by atoms with Crippen LogP contribution in [0.15, 0.2) is 11.8 Å². The number of nitrogens with two attached hydrogens (primary N) is 1. The molecule has 82 valence electrons. The van der Waals surface area contributed by atoms with Crippen LogP contribution in [-0.4, -0.2) is 11.6 Å². The molecule has 0 spiro atoms. The number of hydrogen-bond acceptors (Lipinski definition) is 3. The Labute approximate surface area is 86.3 Å². The summed E-state index contributed by atoms with van der Waals surface area (Å²) in [5, 5.41) is 0. The van der Waals surface area contributed by atoms with Crippen molar-refractivity contribution in [2.45, 2.75) is 46.6 Å². The van der Waals surface area contributed by atoms with E-state index in [1.807, 2.05) is 20.8 Å². The van der Waals surface area contributed by atoms with Gasteiger partial charge in [-0.15, -0.1) is 0 Å². The molecule has 0 saturated carbocycles. The number of allylic oxidation sites excluding steroid dienone is 1. The fraction of sp³-hybridized carbons (Fsp3) is 0.727. The van der Waals surface area contributed by atoms with Gasteiger partial charge in [-0.05, 0) is 33.1 Å². The van der Waals surface area contributed by atoms with E-state index in [2.05, 4.69) is 13.8 Å². The van der Waals surface area contributed by atoms with E-state index in [1.54, 1.807) is 0 Å². The highest BCUT2D eigenvalue weighted by Gasteiger charge is 2.14. The molecule has 0 atom stereocenters. The fourth-order valence-electron chi connectivity index (χ4n) is 1.01. The molecule has 0 fully saturated rings. The number of rotatable bonds is 3. The highest BCUT2D eigenvalue weighted by atomic mass is 16.6. The standard InChI is InChI=1S/C11H21NO2/c1-8(2)6-9(12)7-10(13)14-11(3,4)5/h7-8H,6,12H2,1-5H3/b9-7-. The van der Waals surface area contributed by atoms with Gasteiger partial charge in [-0.1, -0.05) is 13.8 Å². The summed E-state index contributed by atoms with van der Waals surface area (Å²) in [7, 11) is 0. The van der Waals surface area contributed by atoms with E-state index in [0.29, 0.717) is 11.6 Å². The Morgan fingerprint density at radius 2 is 1.93 bits per heavy atom. The first-order valence-corrected chi connectivity index (χ1v) is 4.89. The van der Waals surface area contributed by atoms with Gasteiger partial charge in [0.15, 0.2) is 0 Å². The summed E-state index contributed by atoms with van der Waals surface area (Å²) in [6, 6.07) is 0. The summed E-state index contributed by atoms with van der Waals surface area (Å²) in [6.45, 7) is 9.59. The highest BCUT2D eigenvalue weighted by molar-refractivity contribution is 5.82. The van der Waals surface area contributed by atoms with Crippen LogP contribution in [0.25, 0.3) is 0 Å². The van der Waals surface area contributed by atoms with Crippen molar-refractivity contribution in [3.05, 3.63) is 11.8 Å². The number of esters is 1. The lowest BCUT2D eigenvalue weighted by Crippen LogP contribution is -2.23. The molecule has 3 nitrogen and oxygen atoms in total. The third-order valence-corrected chi connectivity index (χ3v) is 1.35. The fourth-order valence-corrected chi connectivity index (χ4v) is 1.01. The van der Waals surface area contributed by atoms with Crippen molar-refractivity contribution in [1.29, 1.82) is 0 Å².